The molecule has 0 aliphatic rings. The van der Waals surface area contributed by atoms with Crippen LogP contribution in [0.15, 0.2) is 36.4 Å². The van der Waals surface area contributed by atoms with Crippen LogP contribution < -0.4 is 18.9 Å². The summed E-state index contributed by atoms with van der Waals surface area (Å²) < 4.78 is 38.0. The van der Waals surface area contributed by atoms with Gasteiger partial charge < -0.3 is 33.2 Å². The lowest BCUT2D eigenvalue weighted by molar-refractivity contribution is -0.153. The lowest BCUT2D eigenvalue weighted by Gasteiger charge is -2.27. The van der Waals surface area contributed by atoms with Crippen molar-refractivity contribution in [2.24, 2.45) is 0 Å². The molecule has 0 fully saturated rings. The van der Waals surface area contributed by atoms with Gasteiger partial charge in [-0.25, -0.2) is 0 Å². The van der Waals surface area contributed by atoms with Gasteiger partial charge in [0.1, 0.15) is 18.8 Å². The summed E-state index contributed by atoms with van der Waals surface area (Å²) >= 11 is 0. The summed E-state index contributed by atoms with van der Waals surface area (Å²) in [5, 5.41) is 0. The van der Waals surface area contributed by atoms with Crippen LogP contribution in [-0.2, 0) is 19.0 Å². The van der Waals surface area contributed by atoms with Gasteiger partial charge in [0.25, 0.3) is 0 Å². The van der Waals surface area contributed by atoms with Crippen molar-refractivity contribution in [3.8, 4) is 23.0 Å². The Balaban J connectivity index is 2.62. The summed E-state index contributed by atoms with van der Waals surface area (Å²) in [5.74, 6) is 0.886. The maximum absolute atomic E-state index is 13.1. The molecule has 170 valence electrons. The molecular formula is C23H30O8. The van der Waals surface area contributed by atoms with E-state index >= 15 is 0 Å². The third kappa shape index (κ3) is 5.80. The zero-order chi connectivity index (χ0) is 22.8. The number of hydrogen-bond acceptors (Lipinski definition) is 8. The fourth-order valence-electron chi connectivity index (χ4n) is 3.27. The van der Waals surface area contributed by atoms with E-state index in [1.807, 2.05) is 6.07 Å². The van der Waals surface area contributed by atoms with Crippen molar-refractivity contribution in [2.45, 2.75) is 18.9 Å². The largest absolute Gasteiger partial charge is 0.493 e. The minimum absolute atomic E-state index is 0.0256. The van der Waals surface area contributed by atoms with Crippen LogP contribution in [0.4, 0.5) is 0 Å². The highest BCUT2D eigenvalue weighted by atomic mass is 16.7. The van der Waals surface area contributed by atoms with Crippen molar-refractivity contribution in [3.05, 3.63) is 47.5 Å². The predicted molar refractivity (Wildman–Crippen MR) is 114 cm³/mol. The second-order valence-electron chi connectivity index (χ2n) is 6.45. The summed E-state index contributed by atoms with van der Waals surface area (Å²) in [4.78, 5) is 13.1. The predicted octanol–water partition coefficient (Wildman–Crippen LogP) is 3.73. The number of rotatable bonds is 12. The molecule has 0 aliphatic carbocycles. The van der Waals surface area contributed by atoms with Crippen LogP contribution in [0.5, 0.6) is 23.0 Å². The second-order valence-corrected chi connectivity index (χ2v) is 6.45. The molecule has 0 aliphatic heterocycles. The minimum Gasteiger partial charge on any atom is -0.493 e. The Morgan fingerprint density at radius 3 is 1.77 bits per heavy atom. The van der Waals surface area contributed by atoms with Crippen molar-refractivity contribution < 1.29 is 38.0 Å². The van der Waals surface area contributed by atoms with Crippen LogP contribution in [0.2, 0.25) is 0 Å². The summed E-state index contributed by atoms with van der Waals surface area (Å²) in [6.45, 7) is 1.96. The molecule has 2 aromatic rings. The van der Waals surface area contributed by atoms with Crippen LogP contribution in [0.25, 0.3) is 0 Å². The standard InChI is InChI=1S/C23H30O8/c1-7-30-23(24)21(15-8-10-17(26-3)19(12-15)28-5)22(31-14-25-2)16-9-11-18(27-4)20(13-16)29-6/h8-13,21-22H,7,14H2,1-6H3/t21-,22-/m1/s1. The van der Waals surface area contributed by atoms with E-state index in [4.69, 9.17) is 33.2 Å². The molecule has 2 rings (SSSR count). The van der Waals surface area contributed by atoms with Gasteiger partial charge in [-0.1, -0.05) is 12.1 Å². The molecule has 0 amide bonds. The third-order valence-corrected chi connectivity index (χ3v) is 4.71. The Hall–Kier alpha value is -2.97. The molecule has 8 heteroatoms. The number of carbonyl (C=O) groups is 1. The van der Waals surface area contributed by atoms with Gasteiger partial charge >= 0.3 is 5.97 Å². The van der Waals surface area contributed by atoms with E-state index in [1.54, 1.807) is 58.6 Å². The van der Waals surface area contributed by atoms with E-state index in [1.165, 1.54) is 14.2 Å². The van der Waals surface area contributed by atoms with Gasteiger partial charge in [0.05, 0.1) is 35.0 Å². The lowest BCUT2D eigenvalue weighted by Crippen LogP contribution is -2.25. The average Bonchev–Trinajstić information content (AvgIpc) is 2.80. The number of carbonyl (C=O) groups excluding carboxylic acids is 1. The minimum atomic E-state index is -0.798. The molecule has 31 heavy (non-hydrogen) atoms. The van der Waals surface area contributed by atoms with E-state index in [9.17, 15) is 4.79 Å². The third-order valence-electron chi connectivity index (χ3n) is 4.71. The van der Waals surface area contributed by atoms with Crippen LogP contribution in [-0.4, -0.2) is 54.9 Å². The first-order valence-corrected chi connectivity index (χ1v) is 9.75. The Morgan fingerprint density at radius 2 is 1.29 bits per heavy atom. The highest BCUT2D eigenvalue weighted by Crippen LogP contribution is 2.41. The molecule has 0 unspecified atom stereocenters. The highest BCUT2D eigenvalue weighted by molar-refractivity contribution is 5.80. The molecular weight excluding hydrogens is 404 g/mol. The fraction of sp³-hybridized carbons (Fsp3) is 0.435. The molecule has 2 atom stereocenters. The SMILES string of the molecule is CCOC(=O)[C@H](c1ccc(OC)c(OC)c1)[C@H](OCOC)c1ccc(OC)c(OC)c1. The monoisotopic (exact) mass is 434 g/mol. The lowest BCUT2D eigenvalue weighted by atomic mass is 9.88. The van der Waals surface area contributed by atoms with E-state index < -0.39 is 18.0 Å². The van der Waals surface area contributed by atoms with E-state index in [2.05, 4.69) is 0 Å². The Kier molecular flexibility index (Phi) is 9.42. The number of ether oxygens (including phenoxy) is 7. The van der Waals surface area contributed by atoms with Crippen molar-refractivity contribution in [1.29, 1.82) is 0 Å². The summed E-state index contributed by atoms with van der Waals surface area (Å²) in [7, 11) is 7.70. The van der Waals surface area contributed by atoms with Gasteiger partial charge in [-0.05, 0) is 42.3 Å². The van der Waals surface area contributed by atoms with Crippen LogP contribution in [0.1, 0.15) is 30.1 Å². The van der Waals surface area contributed by atoms with Gasteiger partial charge in [-0.2, -0.15) is 0 Å². The summed E-state index contributed by atoms with van der Waals surface area (Å²) in [6.07, 6.45) is -0.725. The number of benzene rings is 2. The topological polar surface area (TPSA) is 81.7 Å². The number of hydrogen-bond donors (Lipinski definition) is 0. The van der Waals surface area contributed by atoms with Crippen LogP contribution >= 0.6 is 0 Å². The van der Waals surface area contributed by atoms with Gasteiger partial charge in [0.15, 0.2) is 23.0 Å². The first kappa shape index (κ1) is 24.3. The zero-order valence-electron chi connectivity index (χ0n) is 18.8. The Labute approximate surface area is 182 Å². The van der Waals surface area contributed by atoms with Crippen molar-refractivity contribution in [3.63, 3.8) is 0 Å². The molecule has 0 radical (unpaired) electrons. The number of esters is 1. The highest BCUT2D eigenvalue weighted by Gasteiger charge is 2.35. The molecule has 0 saturated carbocycles. The fourth-order valence-corrected chi connectivity index (χ4v) is 3.27. The number of methoxy groups -OCH3 is 5. The second kappa shape index (κ2) is 12.0. The van der Waals surface area contributed by atoms with Gasteiger partial charge in [-0.3, -0.25) is 4.79 Å². The Morgan fingerprint density at radius 1 is 0.774 bits per heavy atom. The first-order valence-electron chi connectivity index (χ1n) is 9.75. The van der Waals surface area contributed by atoms with E-state index in [-0.39, 0.29) is 13.4 Å². The average molecular weight is 434 g/mol. The summed E-state index contributed by atoms with van der Waals surface area (Å²) in [6, 6.07) is 10.6. The van der Waals surface area contributed by atoms with Crippen LogP contribution in [0, 0.1) is 0 Å². The van der Waals surface area contributed by atoms with Crippen molar-refractivity contribution >= 4 is 5.97 Å². The molecule has 0 saturated heterocycles. The maximum atomic E-state index is 13.1. The van der Waals surface area contributed by atoms with Gasteiger partial charge in [-0.15, -0.1) is 0 Å². The zero-order valence-corrected chi connectivity index (χ0v) is 18.8. The summed E-state index contributed by atoms with van der Waals surface area (Å²) in [5.41, 5.74) is 1.34. The van der Waals surface area contributed by atoms with E-state index in [0.29, 0.717) is 34.1 Å². The normalized spacial score (nSPS) is 12.6. The van der Waals surface area contributed by atoms with Gasteiger partial charge in [0, 0.05) is 7.11 Å². The first-order chi connectivity index (χ1) is 15.0. The van der Waals surface area contributed by atoms with Crippen molar-refractivity contribution in [2.75, 3.05) is 48.9 Å². The molecule has 0 aromatic heterocycles. The molecule has 2 aromatic carbocycles. The Bertz CT molecular complexity index is 851. The molecule has 0 spiro atoms. The molecule has 0 heterocycles. The molecule has 0 bridgehead atoms. The maximum Gasteiger partial charge on any atom is 0.316 e. The smallest absolute Gasteiger partial charge is 0.316 e. The van der Waals surface area contributed by atoms with E-state index in [0.717, 1.165) is 0 Å². The van der Waals surface area contributed by atoms with Crippen molar-refractivity contribution in [1.82, 2.24) is 0 Å². The quantitative estimate of drug-likeness (QED) is 0.369. The van der Waals surface area contributed by atoms with Gasteiger partial charge in [0.2, 0.25) is 0 Å². The van der Waals surface area contributed by atoms with Crippen LogP contribution in [0.3, 0.4) is 0 Å². The molecule has 8 nitrogen and oxygen atoms in total. The molecule has 0 N–H and O–H groups in total.